The second-order valence-electron chi connectivity index (χ2n) is 14.6. The highest BCUT2D eigenvalue weighted by molar-refractivity contribution is 6.07. The molecule has 0 radical (unpaired) electrons. The maximum absolute atomic E-state index is 14.4. The fourth-order valence-corrected chi connectivity index (χ4v) is 10.3. The summed E-state index contributed by atoms with van der Waals surface area (Å²) in [6.45, 7) is 9.02. The predicted octanol–water partition coefficient (Wildman–Crippen LogP) is 5.75. The number of nitriles is 1. The van der Waals surface area contributed by atoms with Gasteiger partial charge in [0.2, 0.25) is 0 Å². The van der Waals surface area contributed by atoms with E-state index in [9.17, 15) is 19.6 Å². The number of ether oxygens (including phenoxy) is 1. The highest BCUT2D eigenvalue weighted by atomic mass is 16.5. The quantitative estimate of drug-likeness (QED) is 0.329. The first-order valence-corrected chi connectivity index (χ1v) is 14.3. The largest absolute Gasteiger partial charge is 0.469 e. The van der Waals surface area contributed by atoms with Crippen molar-refractivity contribution < 1.29 is 19.1 Å². The van der Waals surface area contributed by atoms with E-state index in [0.29, 0.717) is 6.42 Å². The van der Waals surface area contributed by atoms with Gasteiger partial charge in [-0.1, -0.05) is 33.6 Å². The van der Waals surface area contributed by atoms with Gasteiger partial charge in [-0.05, 0) is 104 Å². The molecule has 0 N–H and O–H groups in total. The number of methoxy groups -OCH3 is 1. The van der Waals surface area contributed by atoms with Crippen LogP contribution in [0.25, 0.3) is 0 Å². The van der Waals surface area contributed by atoms with Crippen LogP contribution in [0.5, 0.6) is 0 Å². The Bertz CT molecular complexity index is 1320. The Kier molecular flexibility index (Phi) is 5.05. The predicted molar refractivity (Wildman–Crippen MR) is 142 cm³/mol. The molecule has 0 amide bonds. The summed E-state index contributed by atoms with van der Waals surface area (Å²) < 4.78 is 5.40. The van der Waals surface area contributed by atoms with Crippen molar-refractivity contribution in [3.8, 4) is 18.4 Å². The van der Waals surface area contributed by atoms with E-state index in [4.69, 9.17) is 11.2 Å². The van der Waals surface area contributed by atoms with Crippen molar-refractivity contribution in [2.24, 2.45) is 50.2 Å². The molecule has 200 valence electrons. The van der Waals surface area contributed by atoms with E-state index in [1.165, 1.54) is 7.11 Å². The van der Waals surface area contributed by atoms with E-state index in [1.807, 2.05) is 6.08 Å². The standard InChI is InChI=1S/C33H39NO4/c1-7-31-17-20(19-34)26(36)33(14-15-33)23(31)8-9-29(4)24(31)16-22(35)25-21-18-28(2,3)10-12-32(21,27(37)38-6)13-11-30(25,29)5/h1,16-17,21,23,25H,8-15,18H2,2-6H3/t21-,23+,25-,29+,30+,31-,32-/m0/s1. The molecule has 5 heteroatoms. The van der Waals surface area contributed by atoms with Gasteiger partial charge in [0.05, 0.1) is 23.5 Å². The molecule has 6 rings (SSSR count). The molecule has 0 saturated heterocycles. The van der Waals surface area contributed by atoms with Crippen molar-refractivity contribution in [2.75, 3.05) is 7.11 Å². The Hall–Kier alpha value is -2.66. The molecule has 0 aliphatic heterocycles. The third kappa shape index (κ3) is 2.76. The minimum atomic E-state index is -0.908. The topological polar surface area (TPSA) is 84.2 Å². The monoisotopic (exact) mass is 513 g/mol. The molecule has 7 atom stereocenters. The summed E-state index contributed by atoms with van der Waals surface area (Å²) in [6.07, 6.45) is 17.0. The average Bonchev–Trinajstić information content (AvgIpc) is 3.68. The van der Waals surface area contributed by atoms with Gasteiger partial charge in [-0.15, -0.1) is 6.42 Å². The minimum absolute atomic E-state index is 0.0375. The van der Waals surface area contributed by atoms with Crippen molar-refractivity contribution in [2.45, 2.75) is 85.5 Å². The molecule has 6 aliphatic rings. The maximum atomic E-state index is 14.4. The summed E-state index contributed by atoms with van der Waals surface area (Å²) in [4.78, 5) is 41.1. The molecule has 4 fully saturated rings. The number of ketones is 2. The van der Waals surface area contributed by atoms with Gasteiger partial charge in [0.15, 0.2) is 11.6 Å². The maximum Gasteiger partial charge on any atom is 0.312 e. The van der Waals surface area contributed by atoms with Crippen molar-refractivity contribution in [3.05, 3.63) is 23.3 Å². The lowest BCUT2D eigenvalue weighted by Crippen LogP contribution is -2.65. The third-order valence-electron chi connectivity index (χ3n) is 12.8. The molecule has 0 aromatic heterocycles. The summed E-state index contributed by atoms with van der Waals surface area (Å²) in [5.41, 5.74) is -1.75. The highest BCUT2D eigenvalue weighted by Gasteiger charge is 2.74. The van der Waals surface area contributed by atoms with E-state index >= 15 is 0 Å². The second kappa shape index (κ2) is 7.50. The molecular weight excluding hydrogens is 474 g/mol. The SMILES string of the molecule is C#C[C@]12C=C(C#N)C(=O)C3(CC3)[C@@H]1CC[C@]1(C)C2=CC(=O)[C@@H]2[C@@H]3CC(C)(C)CC[C@]3(C(=O)OC)CC[C@]21C. The summed E-state index contributed by atoms with van der Waals surface area (Å²) in [5, 5.41) is 9.92. The van der Waals surface area contributed by atoms with Crippen LogP contribution in [0, 0.1) is 73.9 Å². The van der Waals surface area contributed by atoms with Crippen LogP contribution in [0.3, 0.4) is 0 Å². The normalized spacial score (nSPS) is 45.6. The number of hydrogen-bond donors (Lipinski definition) is 0. The van der Waals surface area contributed by atoms with Crippen LogP contribution in [-0.4, -0.2) is 24.6 Å². The van der Waals surface area contributed by atoms with Crippen LogP contribution in [0.4, 0.5) is 0 Å². The number of carbonyl (C=O) groups is 3. The Morgan fingerprint density at radius 3 is 2.34 bits per heavy atom. The van der Waals surface area contributed by atoms with Crippen LogP contribution in [0.15, 0.2) is 23.3 Å². The lowest BCUT2D eigenvalue weighted by molar-refractivity contribution is -0.190. The Labute approximate surface area is 226 Å². The van der Waals surface area contributed by atoms with Gasteiger partial charge in [-0.25, -0.2) is 0 Å². The van der Waals surface area contributed by atoms with E-state index in [0.717, 1.165) is 56.9 Å². The molecule has 0 aromatic rings. The van der Waals surface area contributed by atoms with Crippen LogP contribution in [0.1, 0.15) is 85.5 Å². The summed E-state index contributed by atoms with van der Waals surface area (Å²) in [6, 6.07) is 2.15. The number of fused-ring (bicyclic) bond motifs is 8. The van der Waals surface area contributed by atoms with E-state index < -0.39 is 21.7 Å². The Balaban J connectivity index is 1.55. The number of esters is 1. The van der Waals surface area contributed by atoms with Crippen LogP contribution in [0.2, 0.25) is 0 Å². The van der Waals surface area contributed by atoms with Crippen molar-refractivity contribution in [1.82, 2.24) is 0 Å². The number of Topliss-reactive ketones (excluding diaryl/α,β-unsaturated/α-hetero) is 1. The zero-order valence-electron chi connectivity index (χ0n) is 23.4. The Morgan fingerprint density at radius 2 is 1.74 bits per heavy atom. The lowest BCUT2D eigenvalue weighted by atomic mass is 9.34. The van der Waals surface area contributed by atoms with Crippen molar-refractivity contribution >= 4 is 17.5 Å². The number of rotatable bonds is 1. The number of allylic oxidation sites excluding steroid dienone is 4. The molecule has 38 heavy (non-hydrogen) atoms. The fraction of sp³-hybridized carbons (Fsp3) is 0.697. The minimum Gasteiger partial charge on any atom is -0.469 e. The highest BCUT2D eigenvalue weighted by Crippen LogP contribution is 2.76. The Morgan fingerprint density at radius 1 is 1.05 bits per heavy atom. The molecule has 5 nitrogen and oxygen atoms in total. The van der Waals surface area contributed by atoms with Gasteiger partial charge in [0.1, 0.15) is 6.07 Å². The van der Waals surface area contributed by atoms with E-state index in [2.05, 4.69) is 39.7 Å². The van der Waals surface area contributed by atoms with Gasteiger partial charge in [-0.2, -0.15) is 5.26 Å². The van der Waals surface area contributed by atoms with Gasteiger partial charge in [0.25, 0.3) is 0 Å². The molecule has 6 aliphatic carbocycles. The lowest BCUT2D eigenvalue weighted by Gasteiger charge is -2.68. The van der Waals surface area contributed by atoms with Crippen molar-refractivity contribution in [1.29, 1.82) is 5.26 Å². The van der Waals surface area contributed by atoms with E-state index in [1.54, 1.807) is 6.08 Å². The molecule has 0 unspecified atom stereocenters. The summed E-state index contributed by atoms with van der Waals surface area (Å²) >= 11 is 0. The molecule has 0 heterocycles. The number of carbonyl (C=O) groups excluding carboxylic acids is 3. The first-order valence-electron chi connectivity index (χ1n) is 14.3. The first kappa shape index (κ1) is 25.6. The van der Waals surface area contributed by atoms with Gasteiger partial charge < -0.3 is 4.74 Å². The number of hydrogen-bond acceptors (Lipinski definition) is 5. The van der Waals surface area contributed by atoms with Crippen molar-refractivity contribution in [3.63, 3.8) is 0 Å². The van der Waals surface area contributed by atoms with Gasteiger partial charge in [0, 0.05) is 11.3 Å². The van der Waals surface area contributed by atoms with Gasteiger partial charge >= 0.3 is 5.97 Å². The number of nitrogens with zero attached hydrogens (tertiary/aromatic N) is 1. The zero-order valence-corrected chi connectivity index (χ0v) is 23.4. The van der Waals surface area contributed by atoms with Gasteiger partial charge in [-0.3, -0.25) is 14.4 Å². The zero-order chi connectivity index (χ0) is 27.5. The molecule has 0 bridgehead atoms. The summed E-state index contributed by atoms with van der Waals surface area (Å²) in [7, 11) is 1.47. The van der Waals surface area contributed by atoms with Crippen LogP contribution < -0.4 is 0 Å². The summed E-state index contributed by atoms with van der Waals surface area (Å²) in [5.74, 6) is 2.45. The number of terminal acetylenes is 1. The molecule has 1 spiro atoms. The fourth-order valence-electron chi connectivity index (χ4n) is 10.3. The average molecular weight is 514 g/mol. The smallest absolute Gasteiger partial charge is 0.312 e. The second-order valence-corrected chi connectivity index (χ2v) is 14.6. The third-order valence-corrected chi connectivity index (χ3v) is 12.8. The van der Waals surface area contributed by atoms with Crippen LogP contribution >= 0.6 is 0 Å². The molecule has 0 aromatic carbocycles. The molecule has 4 saturated carbocycles. The van der Waals surface area contributed by atoms with Crippen LogP contribution in [-0.2, 0) is 19.1 Å². The molecular formula is C33H39NO4. The first-order chi connectivity index (χ1) is 17.8. The van der Waals surface area contributed by atoms with E-state index in [-0.39, 0.29) is 51.7 Å².